The van der Waals surface area contributed by atoms with Crippen molar-refractivity contribution in [2.24, 2.45) is 0 Å². The number of nitrogens with one attached hydrogen (secondary N) is 2. The van der Waals surface area contributed by atoms with Crippen LogP contribution in [0.15, 0.2) is 85.1 Å². The summed E-state index contributed by atoms with van der Waals surface area (Å²) in [5.41, 5.74) is 7.61. The summed E-state index contributed by atoms with van der Waals surface area (Å²) in [6.07, 6.45) is -6.19. The first-order valence-electron chi connectivity index (χ1n) is 19.8. The van der Waals surface area contributed by atoms with E-state index in [2.05, 4.69) is 87.7 Å². The molecule has 338 valence electrons. The molecule has 5 N–H and O–H groups in total. The largest absolute Gasteiger partial charge is 0.490 e. The fourth-order valence-electron chi connectivity index (χ4n) is 7.34. The van der Waals surface area contributed by atoms with E-state index < -0.39 is 36.0 Å². The number of ether oxygens (including phenoxy) is 1. The number of H-pyrrole nitrogens is 2. The van der Waals surface area contributed by atoms with Gasteiger partial charge in [-0.25, -0.2) is 29.1 Å². The Morgan fingerprint density at radius 2 is 1.11 bits per heavy atom. The van der Waals surface area contributed by atoms with Gasteiger partial charge in [0.1, 0.15) is 17.2 Å². The lowest BCUT2D eigenvalue weighted by molar-refractivity contribution is -0.193. The predicted octanol–water partition coefficient (Wildman–Crippen LogP) is 10.6. The summed E-state index contributed by atoms with van der Waals surface area (Å²) in [6, 6.07) is 27.3. The minimum Gasteiger partial charge on any atom is -0.475 e. The van der Waals surface area contributed by atoms with Crippen molar-refractivity contribution in [2.75, 3.05) is 13.1 Å². The summed E-state index contributed by atoms with van der Waals surface area (Å²) >= 11 is 0. The molecule has 0 aliphatic carbocycles. The molecule has 64 heavy (non-hydrogen) atoms. The molecule has 0 spiro atoms. The van der Waals surface area contributed by atoms with Gasteiger partial charge in [0.2, 0.25) is 0 Å². The number of nitrogens with zero attached hydrogens (tertiary/aromatic N) is 4. The zero-order valence-corrected chi connectivity index (χ0v) is 34.4. The van der Waals surface area contributed by atoms with Crippen LogP contribution in [-0.4, -0.2) is 100 Å². The number of hydrogen-bond acceptors (Lipinski definition) is 7. The van der Waals surface area contributed by atoms with Crippen LogP contribution in [0, 0.1) is 0 Å². The molecule has 4 heterocycles. The lowest BCUT2D eigenvalue weighted by atomic mass is 9.97. The monoisotopic (exact) mass is 896 g/mol. The van der Waals surface area contributed by atoms with Gasteiger partial charge in [-0.15, -0.1) is 0 Å². The molecule has 0 saturated carbocycles. The molecule has 14 nitrogen and oxygen atoms in total. The average Bonchev–Trinajstić information content (AvgIpc) is 4.06. The molecule has 2 amide bonds. The van der Waals surface area contributed by atoms with E-state index in [1.165, 1.54) is 4.90 Å². The number of fused-ring (bicyclic) bond motifs is 2. The number of alkyl halides is 6. The van der Waals surface area contributed by atoms with Gasteiger partial charge in [-0.05, 0) is 109 Å². The van der Waals surface area contributed by atoms with E-state index in [4.69, 9.17) is 29.5 Å². The van der Waals surface area contributed by atoms with Crippen LogP contribution in [0.2, 0.25) is 0 Å². The molecule has 2 aliphatic rings. The number of carboxylic acids is 2. The maximum absolute atomic E-state index is 12.9. The summed E-state index contributed by atoms with van der Waals surface area (Å²) < 4.78 is 69.1. The average molecular weight is 897 g/mol. The molecule has 20 heteroatoms. The Hall–Kier alpha value is -7.12. The number of carbonyl (C=O) groups excluding carboxylic acids is 1. The molecule has 0 radical (unpaired) electrons. The van der Waals surface area contributed by atoms with Crippen molar-refractivity contribution in [3.8, 4) is 33.5 Å². The summed E-state index contributed by atoms with van der Waals surface area (Å²) in [7, 11) is 0. The second kappa shape index (κ2) is 18.3. The predicted molar refractivity (Wildman–Crippen MR) is 221 cm³/mol. The molecule has 1 unspecified atom stereocenters. The van der Waals surface area contributed by atoms with Gasteiger partial charge in [0, 0.05) is 13.1 Å². The van der Waals surface area contributed by atoms with Gasteiger partial charge in [-0.3, -0.25) is 9.80 Å². The third-order valence-corrected chi connectivity index (χ3v) is 10.3. The highest BCUT2D eigenvalue weighted by Gasteiger charge is 2.39. The van der Waals surface area contributed by atoms with Crippen molar-refractivity contribution in [1.82, 2.24) is 29.7 Å². The van der Waals surface area contributed by atoms with Crippen LogP contribution in [0.4, 0.5) is 35.9 Å². The SMILES string of the molecule is CC(C)(C)OC(=O)N1CCC[C@H]1c1nc2ccc(-c3ccc4cc(-c5ccc(-c6cnc(C7CCCN7C(=O)O)[nH]6)cc5)ccc4c3)cc2[nH]1.O=C(O)C(F)(F)F.O=C(O)C(F)(F)F. The maximum Gasteiger partial charge on any atom is 0.490 e. The Balaban J connectivity index is 0.000000422. The topological polar surface area (TPSA) is 202 Å². The van der Waals surface area contributed by atoms with Gasteiger partial charge >= 0.3 is 36.5 Å². The third kappa shape index (κ3) is 11.1. The Kier molecular flexibility index (Phi) is 13.3. The lowest BCUT2D eigenvalue weighted by Gasteiger charge is -2.27. The smallest absolute Gasteiger partial charge is 0.475 e. The number of halogens is 6. The second-order valence-electron chi connectivity index (χ2n) is 16.0. The minimum atomic E-state index is -5.08. The Bertz CT molecular complexity index is 2650. The molecule has 8 rings (SSSR count). The molecule has 0 bridgehead atoms. The normalized spacial score (nSPS) is 16.5. The van der Waals surface area contributed by atoms with Gasteiger partial charge in [0.05, 0.1) is 35.0 Å². The van der Waals surface area contributed by atoms with E-state index in [0.717, 1.165) is 86.8 Å². The zero-order chi connectivity index (χ0) is 46.7. The number of benzene rings is 4. The molecule has 4 aromatic carbocycles. The highest BCUT2D eigenvalue weighted by atomic mass is 19.4. The van der Waals surface area contributed by atoms with Crippen LogP contribution < -0.4 is 0 Å². The van der Waals surface area contributed by atoms with Crippen molar-refractivity contribution < 1.29 is 65.6 Å². The summed E-state index contributed by atoms with van der Waals surface area (Å²) in [5.74, 6) is -4.02. The number of carboxylic acid groups (broad SMARTS) is 3. The molecular formula is C44H42F6N6O8. The minimum absolute atomic E-state index is 0.126. The number of imidazole rings is 2. The molecule has 6 aromatic rings. The first kappa shape index (κ1) is 46.4. The van der Waals surface area contributed by atoms with Crippen molar-refractivity contribution in [2.45, 2.75) is 76.5 Å². The standard InChI is InChI=1S/C40H40N6O4.2C2HF3O2/c1-40(2,3)50-39(49)46-19-5-7-35(46)37-42-31-17-16-30(22-32(31)43-37)29-15-14-27-20-26(12-13-28(27)21-29)24-8-10-25(11-9-24)33-23-41-36(44-33)34-6-4-18-45(34)38(47)48;2*3-2(4,5)1(6)7/h8-17,20-23,34-35H,4-7,18-19H2,1-3H3,(H,41,44)(H,42,43)(H,47,48);2*(H,6,7)/t34?,35-;;/m0../s1. The van der Waals surface area contributed by atoms with Crippen LogP contribution in [0.5, 0.6) is 0 Å². The van der Waals surface area contributed by atoms with E-state index in [1.807, 2.05) is 26.8 Å². The van der Waals surface area contributed by atoms with Crippen LogP contribution in [0.25, 0.3) is 55.3 Å². The number of aliphatic carboxylic acids is 2. The van der Waals surface area contributed by atoms with Crippen molar-refractivity contribution in [1.29, 1.82) is 0 Å². The molecule has 2 aliphatic heterocycles. The highest BCUT2D eigenvalue weighted by molar-refractivity contribution is 5.92. The van der Waals surface area contributed by atoms with Crippen molar-refractivity contribution in [3.63, 3.8) is 0 Å². The fourth-order valence-corrected chi connectivity index (χ4v) is 7.34. The van der Waals surface area contributed by atoms with Gasteiger partial charge in [0.25, 0.3) is 0 Å². The fraction of sp³-hybridized carbons (Fsp3) is 0.318. The Morgan fingerprint density at radius 1 is 0.641 bits per heavy atom. The number of amides is 2. The maximum atomic E-state index is 12.9. The quantitative estimate of drug-likeness (QED) is 0.104. The number of carbonyl (C=O) groups is 4. The van der Waals surface area contributed by atoms with E-state index in [0.29, 0.717) is 18.9 Å². The van der Waals surface area contributed by atoms with Gasteiger partial charge in [0.15, 0.2) is 0 Å². The van der Waals surface area contributed by atoms with Gasteiger partial charge in [-0.2, -0.15) is 26.3 Å². The highest BCUT2D eigenvalue weighted by Crippen LogP contribution is 2.36. The first-order chi connectivity index (χ1) is 30.0. The van der Waals surface area contributed by atoms with E-state index in [1.54, 1.807) is 11.1 Å². The second-order valence-corrected chi connectivity index (χ2v) is 16.0. The Morgan fingerprint density at radius 3 is 1.64 bits per heavy atom. The number of rotatable bonds is 5. The molecule has 2 atom stereocenters. The summed E-state index contributed by atoms with van der Waals surface area (Å²) in [5, 5.41) is 26.1. The molecule has 2 saturated heterocycles. The third-order valence-electron chi connectivity index (χ3n) is 10.3. The molecular weight excluding hydrogens is 855 g/mol. The lowest BCUT2D eigenvalue weighted by Crippen LogP contribution is -2.36. The summed E-state index contributed by atoms with van der Waals surface area (Å²) in [4.78, 5) is 61.8. The van der Waals surface area contributed by atoms with E-state index in [-0.39, 0.29) is 18.2 Å². The van der Waals surface area contributed by atoms with Crippen LogP contribution >= 0.6 is 0 Å². The zero-order valence-electron chi connectivity index (χ0n) is 34.4. The summed E-state index contributed by atoms with van der Waals surface area (Å²) in [6.45, 7) is 6.87. The number of hydrogen-bond donors (Lipinski definition) is 5. The first-order valence-corrected chi connectivity index (χ1v) is 19.8. The Labute approximate surface area is 360 Å². The number of likely N-dealkylation sites (tertiary alicyclic amines) is 2. The van der Waals surface area contributed by atoms with Gasteiger partial charge < -0.3 is 30.0 Å². The molecule has 2 aromatic heterocycles. The van der Waals surface area contributed by atoms with Crippen molar-refractivity contribution >= 4 is 45.9 Å². The van der Waals surface area contributed by atoms with Crippen LogP contribution in [0.1, 0.15) is 70.2 Å². The number of aromatic amines is 2. The van der Waals surface area contributed by atoms with E-state index in [9.17, 15) is 41.0 Å². The number of aromatic nitrogens is 4. The van der Waals surface area contributed by atoms with Crippen LogP contribution in [-0.2, 0) is 14.3 Å². The van der Waals surface area contributed by atoms with Crippen molar-refractivity contribution in [3.05, 3.63) is 96.7 Å². The van der Waals surface area contributed by atoms with Gasteiger partial charge in [-0.1, -0.05) is 54.6 Å². The van der Waals surface area contributed by atoms with E-state index >= 15 is 0 Å². The van der Waals surface area contributed by atoms with Crippen LogP contribution in [0.3, 0.4) is 0 Å². The molecule has 2 fully saturated rings.